The summed E-state index contributed by atoms with van der Waals surface area (Å²) in [6, 6.07) is 8.16. The van der Waals surface area contributed by atoms with Gasteiger partial charge in [-0.15, -0.1) is 0 Å². The minimum atomic E-state index is -0.00439. The average Bonchev–Trinajstić information content (AvgIpc) is 2.38. The lowest BCUT2D eigenvalue weighted by Crippen LogP contribution is -2.39. The van der Waals surface area contributed by atoms with E-state index in [2.05, 4.69) is 22.3 Å². The minimum Gasteiger partial charge on any atom is -0.378 e. The Bertz CT molecular complexity index is 386. The second kappa shape index (κ2) is 6.89. The quantitative estimate of drug-likeness (QED) is 0.869. The Morgan fingerprint density at radius 1 is 1.22 bits per heavy atom. The third kappa shape index (κ3) is 3.95. The molecule has 0 unspecified atom stereocenters. The van der Waals surface area contributed by atoms with Gasteiger partial charge in [0.05, 0.1) is 0 Å². The SMILES string of the molecule is CCN(CC)C(=O)NCc1cccc(N(C)C)c1. The molecule has 0 heterocycles. The molecule has 0 atom stereocenters. The fourth-order valence-electron chi connectivity index (χ4n) is 1.74. The highest BCUT2D eigenvalue weighted by atomic mass is 16.2. The minimum absolute atomic E-state index is 0.00439. The normalized spacial score (nSPS) is 10.0. The maximum absolute atomic E-state index is 11.8. The molecule has 4 heteroatoms. The molecule has 1 aromatic rings. The molecule has 18 heavy (non-hydrogen) atoms. The number of nitrogens with one attached hydrogen (secondary N) is 1. The van der Waals surface area contributed by atoms with Gasteiger partial charge in [-0.25, -0.2) is 4.79 Å². The van der Waals surface area contributed by atoms with Crippen molar-refractivity contribution in [2.45, 2.75) is 20.4 Å². The number of benzene rings is 1. The fourth-order valence-corrected chi connectivity index (χ4v) is 1.74. The largest absolute Gasteiger partial charge is 0.378 e. The van der Waals surface area contributed by atoms with Crippen molar-refractivity contribution in [2.75, 3.05) is 32.1 Å². The van der Waals surface area contributed by atoms with E-state index in [1.807, 2.05) is 40.1 Å². The number of hydrogen-bond acceptors (Lipinski definition) is 2. The van der Waals surface area contributed by atoms with Crippen LogP contribution in [0.3, 0.4) is 0 Å². The lowest BCUT2D eigenvalue weighted by molar-refractivity contribution is 0.203. The molecule has 0 saturated heterocycles. The molecule has 0 aliphatic carbocycles. The van der Waals surface area contributed by atoms with Crippen LogP contribution < -0.4 is 10.2 Å². The van der Waals surface area contributed by atoms with Gasteiger partial charge in [0.15, 0.2) is 0 Å². The van der Waals surface area contributed by atoms with Crippen molar-refractivity contribution in [1.82, 2.24) is 10.2 Å². The van der Waals surface area contributed by atoms with Crippen molar-refractivity contribution in [2.24, 2.45) is 0 Å². The molecule has 0 radical (unpaired) electrons. The highest BCUT2D eigenvalue weighted by molar-refractivity contribution is 5.74. The number of carbonyl (C=O) groups is 1. The van der Waals surface area contributed by atoms with Crippen LogP contribution in [0.25, 0.3) is 0 Å². The summed E-state index contributed by atoms with van der Waals surface area (Å²) in [5.74, 6) is 0. The van der Waals surface area contributed by atoms with Crippen LogP contribution in [0.15, 0.2) is 24.3 Å². The zero-order valence-electron chi connectivity index (χ0n) is 11.7. The predicted octanol–water partition coefficient (Wildman–Crippen LogP) is 2.30. The van der Waals surface area contributed by atoms with Gasteiger partial charge in [-0.3, -0.25) is 0 Å². The highest BCUT2D eigenvalue weighted by Crippen LogP contribution is 2.13. The highest BCUT2D eigenvalue weighted by Gasteiger charge is 2.08. The molecule has 1 rings (SSSR count). The molecule has 1 aromatic carbocycles. The lowest BCUT2D eigenvalue weighted by Gasteiger charge is -2.19. The maximum Gasteiger partial charge on any atom is 0.317 e. The average molecular weight is 249 g/mol. The summed E-state index contributed by atoms with van der Waals surface area (Å²) in [4.78, 5) is 15.6. The Balaban J connectivity index is 2.58. The smallest absolute Gasteiger partial charge is 0.317 e. The lowest BCUT2D eigenvalue weighted by atomic mass is 10.2. The summed E-state index contributed by atoms with van der Waals surface area (Å²) in [7, 11) is 4.02. The van der Waals surface area contributed by atoms with E-state index in [0.29, 0.717) is 6.54 Å². The number of nitrogens with zero attached hydrogens (tertiary/aromatic N) is 2. The molecule has 1 N–H and O–H groups in total. The van der Waals surface area contributed by atoms with Crippen molar-refractivity contribution in [3.05, 3.63) is 29.8 Å². The predicted molar refractivity (Wildman–Crippen MR) is 75.9 cm³/mol. The van der Waals surface area contributed by atoms with E-state index in [9.17, 15) is 4.79 Å². The van der Waals surface area contributed by atoms with Gasteiger partial charge < -0.3 is 15.1 Å². The van der Waals surface area contributed by atoms with E-state index < -0.39 is 0 Å². The number of urea groups is 1. The van der Waals surface area contributed by atoms with Crippen molar-refractivity contribution in [3.8, 4) is 0 Å². The van der Waals surface area contributed by atoms with Crippen LogP contribution in [-0.2, 0) is 6.54 Å². The first-order chi connectivity index (χ1) is 8.58. The maximum atomic E-state index is 11.8. The molecule has 2 amide bonds. The van der Waals surface area contributed by atoms with E-state index >= 15 is 0 Å². The first-order valence-corrected chi connectivity index (χ1v) is 6.37. The Kier molecular flexibility index (Phi) is 5.49. The van der Waals surface area contributed by atoms with Crippen molar-refractivity contribution in [1.29, 1.82) is 0 Å². The van der Waals surface area contributed by atoms with Gasteiger partial charge in [0, 0.05) is 39.4 Å². The number of amides is 2. The van der Waals surface area contributed by atoms with E-state index in [0.717, 1.165) is 24.3 Å². The zero-order chi connectivity index (χ0) is 13.5. The van der Waals surface area contributed by atoms with Gasteiger partial charge in [-0.2, -0.15) is 0 Å². The second-order valence-electron chi connectivity index (χ2n) is 4.40. The van der Waals surface area contributed by atoms with Crippen LogP contribution >= 0.6 is 0 Å². The van der Waals surface area contributed by atoms with Crippen LogP contribution in [0, 0.1) is 0 Å². The van der Waals surface area contributed by atoms with Gasteiger partial charge in [0.1, 0.15) is 0 Å². The summed E-state index contributed by atoms with van der Waals surface area (Å²) >= 11 is 0. The van der Waals surface area contributed by atoms with Crippen LogP contribution in [0.2, 0.25) is 0 Å². The van der Waals surface area contributed by atoms with Gasteiger partial charge >= 0.3 is 6.03 Å². The van der Waals surface area contributed by atoms with E-state index in [-0.39, 0.29) is 6.03 Å². The van der Waals surface area contributed by atoms with Crippen LogP contribution in [0.1, 0.15) is 19.4 Å². The molecule has 0 aliphatic heterocycles. The van der Waals surface area contributed by atoms with Gasteiger partial charge in [-0.05, 0) is 31.5 Å². The summed E-state index contributed by atoms with van der Waals surface area (Å²) in [6.45, 7) is 6.00. The number of carbonyl (C=O) groups excluding carboxylic acids is 1. The van der Waals surface area contributed by atoms with Gasteiger partial charge in [0.2, 0.25) is 0 Å². The van der Waals surface area contributed by atoms with E-state index in [1.54, 1.807) is 4.90 Å². The molecule has 4 nitrogen and oxygen atoms in total. The Morgan fingerprint density at radius 3 is 2.44 bits per heavy atom. The first-order valence-electron chi connectivity index (χ1n) is 6.37. The molecular weight excluding hydrogens is 226 g/mol. The molecule has 0 aromatic heterocycles. The Labute approximate surface area is 110 Å². The van der Waals surface area contributed by atoms with Crippen LogP contribution in [0.5, 0.6) is 0 Å². The zero-order valence-corrected chi connectivity index (χ0v) is 11.7. The number of hydrogen-bond donors (Lipinski definition) is 1. The molecule has 0 aliphatic rings. The monoisotopic (exact) mass is 249 g/mol. The van der Waals surface area contributed by atoms with Crippen LogP contribution in [-0.4, -0.2) is 38.1 Å². The van der Waals surface area contributed by atoms with Crippen molar-refractivity contribution >= 4 is 11.7 Å². The fraction of sp³-hybridized carbons (Fsp3) is 0.500. The van der Waals surface area contributed by atoms with E-state index in [4.69, 9.17) is 0 Å². The molecule has 0 saturated carbocycles. The van der Waals surface area contributed by atoms with Crippen LogP contribution in [0.4, 0.5) is 10.5 Å². The standard InChI is InChI=1S/C14H23N3O/c1-5-17(6-2)14(18)15-11-12-8-7-9-13(10-12)16(3)4/h7-10H,5-6,11H2,1-4H3,(H,15,18). The molecule has 0 fully saturated rings. The third-order valence-corrected chi connectivity index (χ3v) is 2.92. The van der Waals surface area contributed by atoms with E-state index in [1.165, 1.54) is 0 Å². The first kappa shape index (κ1) is 14.4. The summed E-state index contributed by atoms with van der Waals surface area (Å²) in [6.07, 6.45) is 0. The van der Waals surface area contributed by atoms with Gasteiger partial charge in [0.25, 0.3) is 0 Å². The molecule has 100 valence electrons. The summed E-state index contributed by atoms with van der Waals surface area (Å²) < 4.78 is 0. The summed E-state index contributed by atoms with van der Waals surface area (Å²) in [5, 5.41) is 2.94. The van der Waals surface area contributed by atoms with Crippen molar-refractivity contribution < 1.29 is 4.79 Å². The summed E-state index contributed by atoms with van der Waals surface area (Å²) in [5.41, 5.74) is 2.26. The Hall–Kier alpha value is -1.71. The molecule has 0 spiro atoms. The third-order valence-electron chi connectivity index (χ3n) is 2.92. The van der Waals surface area contributed by atoms with Gasteiger partial charge in [-0.1, -0.05) is 12.1 Å². The topological polar surface area (TPSA) is 35.6 Å². The number of rotatable bonds is 5. The molecular formula is C14H23N3O. The number of anilines is 1. The molecule has 0 bridgehead atoms. The second-order valence-corrected chi connectivity index (χ2v) is 4.40. The van der Waals surface area contributed by atoms with Crippen molar-refractivity contribution in [3.63, 3.8) is 0 Å². The Morgan fingerprint density at radius 2 is 1.89 bits per heavy atom.